The van der Waals surface area contributed by atoms with Gasteiger partial charge in [0, 0.05) is 33.2 Å². The molecule has 1 heterocycles. The lowest BCUT2D eigenvalue weighted by molar-refractivity contribution is -0.129. The van der Waals surface area contributed by atoms with E-state index in [2.05, 4.69) is 4.90 Å². The molecule has 21 heavy (non-hydrogen) atoms. The number of hydrogen-bond donors (Lipinski definition) is 0. The van der Waals surface area contributed by atoms with Gasteiger partial charge >= 0.3 is 0 Å². The molecule has 0 atom stereocenters. The molecule has 1 aromatic carbocycles. The number of amides is 1. The van der Waals surface area contributed by atoms with Gasteiger partial charge in [-0.05, 0) is 17.7 Å². The van der Waals surface area contributed by atoms with Crippen LogP contribution in [0.2, 0.25) is 0 Å². The lowest BCUT2D eigenvalue weighted by atomic mass is 10.1. The Morgan fingerprint density at radius 3 is 2.86 bits per heavy atom. The summed E-state index contributed by atoms with van der Waals surface area (Å²) in [6.45, 7) is 5.16. The number of carbonyl (C=O) groups excluding carboxylic acids is 1. The molecule has 0 bridgehead atoms. The van der Waals surface area contributed by atoms with E-state index in [1.54, 1.807) is 12.0 Å². The van der Waals surface area contributed by atoms with Crippen molar-refractivity contribution in [3.63, 3.8) is 0 Å². The second kappa shape index (κ2) is 8.00. The van der Waals surface area contributed by atoms with E-state index < -0.39 is 0 Å². The second-order valence-electron chi connectivity index (χ2n) is 5.30. The maximum absolute atomic E-state index is 12.2. The Kier molecular flexibility index (Phi) is 6.02. The zero-order chi connectivity index (χ0) is 15.1. The van der Waals surface area contributed by atoms with Crippen LogP contribution in [0.3, 0.4) is 0 Å². The van der Waals surface area contributed by atoms with Crippen LogP contribution < -0.4 is 4.74 Å². The number of ether oxygens (including phenoxy) is 2. The summed E-state index contributed by atoms with van der Waals surface area (Å²) in [5.74, 6) is 0.924. The number of likely N-dealkylation sites (N-methyl/N-ethyl adjacent to an activating group) is 1. The molecule has 1 aliphatic rings. The van der Waals surface area contributed by atoms with Crippen LogP contribution in [0, 0.1) is 0 Å². The molecule has 0 spiro atoms. The highest BCUT2D eigenvalue weighted by Crippen LogP contribution is 2.13. The number of morpholine rings is 1. The number of hydrogen-bond acceptors (Lipinski definition) is 4. The summed E-state index contributed by atoms with van der Waals surface area (Å²) in [7, 11) is 3.50. The highest BCUT2D eigenvalue weighted by molar-refractivity contribution is 5.78. The topological polar surface area (TPSA) is 42.0 Å². The van der Waals surface area contributed by atoms with Gasteiger partial charge in [0.05, 0.1) is 26.7 Å². The average Bonchev–Trinajstić information content (AvgIpc) is 2.53. The van der Waals surface area contributed by atoms with Crippen molar-refractivity contribution in [2.24, 2.45) is 0 Å². The van der Waals surface area contributed by atoms with E-state index in [1.165, 1.54) is 0 Å². The molecule has 116 valence electrons. The third-order valence-electron chi connectivity index (χ3n) is 3.77. The highest BCUT2D eigenvalue weighted by atomic mass is 16.5. The minimum absolute atomic E-state index is 0.136. The normalized spacial score (nSPS) is 15.7. The largest absolute Gasteiger partial charge is 0.497 e. The van der Waals surface area contributed by atoms with Crippen LogP contribution in [0.4, 0.5) is 0 Å². The Labute approximate surface area is 126 Å². The van der Waals surface area contributed by atoms with E-state index in [0.29, 0.717) is 6.42 Å². The summed E-state index contributed by atoms with van der Waals surface area (Å²) >= 11 is 0. The molecule has 1 amide bonds. The summed E-state index contributed by atoms with van der Waals surface area (Å²) in [5.41, 5.74) is 0.984. The van der Waals surface area contributed by atoms with Gasteiger partial charge in [-0.3, -0.25) is 9.69 Å². The number of nitrogens with zero attached hydrogens (tertiary/aromatic N) is 2. The Balaban J connectivity index is 1.78. The van der Waals surface area contributed by atoms with Crippen molar-refractivity contribution in [1.82, 2.24) is 9.80 Å². The molecule has 1 aromatic rings. The fraction of sp³-hybridized carbons (Fsp3) is 0.562. The van der Waals surface area contributed by atoms with Crippen molar-refractivity contribution in [2.45, 2.75) is 6.42 Å². The Bertz CT molecular complexity index is 459. The van der Waals surface area contributed by atoms with Crippen molar-refractivity contribution in [3.8, 4) is 5.75 Å². The van der Waals surface area contributed by atoms with Crippen molar-refractivity contribution in [1.29, 1.82) is 0 Å². The summed E-state index contributed by atoms with van der Waals surface area (Å²) in [4.78, 5) is 16.4. The van der Waals surface area contributed by atoms with Gasteiger partial charge in [-0.15, -0.1) is 0 Å². The number of carbonyl (C=O) groups is 1. The van der Waals surface area contributed by atoms with Gasteiger partial charge in [-0.1, -0.05) is 12.1 Å². The predicted molar refractivity (Wildman–Crippen MR) is 81.6 cm³/mol. The fourth-order valence-electron chi connectivity index (χ4n) is 2.33. The maximum atomic E-state index is 12.2. The lowest BCUT2D eigenvalue weighted by Gasteiger charge is -2.28. The van der Waals surface area contributed by atoms with Crippen molar-refractivity contribution in [2.75, 3.05) is 53.6 Å². The van der Waals surface area contributed by atoms with E-state index in [4.69, 9.17) is 9.47 Å². The van der Waals surface area contributed by atoms with Crippen molar-refractivity contribution in [3.05, 3.63) is 29.8 Å². The molecule has 1 fully saturated rings. The molecule has 0 N–H and O–H groups in total. The molecular weight excluding hydrogens is 268 g/mol. The van der Waals surface area contributed by atoms with Gasteiger partial charge in [-0.2, -0.15) is 0 Å². The van der Waals surface area contributed by atoms with E-state index in [9.17, 15) is 4.79 Å². The van der Waals surface area contributed by atoms with Crippen molar-refractivity contribution < 1.29 is 14.3 Å². The zero-order valence-electron chi connectivity index (χ0n) is 12.9. The third kappa shape index (κ3) is 5.02. The van der Waals surface area contributed by atoms with Crippen LogP contribution in [0.15, 0.2) is 24.3 Å². The maximum Gasteiger partial charge on any atom is 0.226 e. The van der Waals surface area contributed by atoms with E-state index in [1.807, 2.05) is 31.3 Å². The van der Waals surface area contributed by atoms with E-state index in [0.717, 1.165) is 50.7 Å². The molecule has 0 aliphatic carbocycles. The van der Waals surface area contributed by atoms with E-state index >= 15 is 0 Å². The summed E-state index contributed by atoms with van der Waals surface area (Å²) in [6.07, 6.45) is 0.414. The average molecular weight is 292 g/mol. The quantitative estimate of drug-likeness (QED) is 0.785. The summed E-state index contributed by atoms with van der Waals surface area (Å²) < 4.78 is 10.5. The number of benzene rings is 1. The molecule has 0 saturated carbocycles. The van der Waals surface area contributed by atoms with Crippen LogP contribution >= 0.6 is 0 Å². The Hall–Kier alpha value is -1.59. The molecule has 0 unspecified atom stereocenters. The van der Waals surface area contributed by atoms with Gasteiger partial charge < -0.3 is 14.4 Å². The lowest BCUT2D eigenvalue weighted by Crippen LogP contribution is -2.42. The Morgan fingerprint density at radius 1 is 1.38 bits per heavy atom. The molecule has 0 radical (unpaired) electrons. The summed E-state index contributed by atoms with van der Waals surface area (Å²) in [6, 6.07) is 7.66. The molecular formula is C16H24N2O3. The van der Waals surface area contributed by atoms with Gasteiger partial charge in [0.15, 0.2) is 0 Å². The minimum Gasteiger partial charge on any atom is -0.497 e. The van der Waals surface area contributed by atoms with Gasteiger partial charge in [0.2, 0.25) is 5.91 Å². The first-order chi connectivity index (χ1) is 10.2. The van der Waals surface area contributed by atoms with Gasteiger partial charge in [-0.25, -0.2) is 0 Å². The predicted octanol–water partition coefficient (Wildman–Crippen LogP) is 1.03. The number of methoxy groups -OCH3 is 1. The molecule has 1 saturated heterocycles. The first-order valence-electron chi connectivity index (χ1n) is 7.36. The van der Waals surface area contributed by atoms with Crippen LogP contribution in [-0.4, -0.2) is 69.3 Å². The minimum atomic E-state index is 0.136. The molecule has 5 nitrogen and oxygen atoms in total. The molecule has 0 aromatic heterocycles. The summed E-state index contributed by atoms with van der Waals surface area (Å²) in [5, 5.41) is 0. The van der Waals surface area contributed by atoms with E-state index in [-0.39, 0.29) is 5.91 Å². The standard InChI is InChI=1S/C16H24N2O3/c1-17(6-7-18-8-10-21-11-9-18)16(19)13-14-4-3-5-15(12-14)20-2/h3-5,12H,6-11,13H2,1-2H3. The van der Waals surface area contributed by atoms with Gasteiger partial charge in [0.1, 0.15) is 5.75 Å². The monoisotopic (exact) mass is 292 g/mol. The van der Waals surface area contributed by atoms with Gasteiger partial charge in [0.25, 0.3) is 0 Å². The van der Waals surface area contributed by atoms with Crippen LogP contribution in [0.25, 0.3) is 0 Å². The molecule has 2 rings (SSSR count). The third-order valence-corrected chi connectivity index (χ3v) is 3.77. The first-order valence-corrected chi connectivity index (χ1v) is 7.36. The Morgan fingerprint density at radius 2 is 2.14 bits per heavy atom. The number of rotatable bonds is 6. The fourth-order valence-corrected chi connectivity index (χ4v) is 2.33. The first kappa shape index (κ1) is 15.8. The second-order valence-corrected chi connectivity index (χ2v) is 5.30. The zero-order valence-corrected chi connectivity index (χ0v) is 12.9. The van der Waals surface area contributed by atoms with Crippen LogP contribution in [-0.2, 0) is 16.0 Å². The highest BCUT2D eigenvalue weighted by Gasteiger charge is 2.14. The SMILES string of the molecule is COc1cccc(CC(=O)N(C)CCN2CCOCC2)c1. The smallest absolute Gasteiger partial charge is 0.226 e. The van der Waals surface area contributed by atoms with Crippen LogP contribution in [0.1, 0.15) is 5.56 Å². The molecule has 5 heteroatoms. The van der Waals surface area contributed by atoms with Crippen LogP contribution in [0.5, 0.6) is 5.75 Å². The molecule has 1 aliphatic heterocycles. The van der Waals surface area contributed by atoms with Crippen molar-refractivity contribution >= 4 is 5.91 Å².